The first-order valence-electron chi connectivity index (χ1n) is 7.41. The Labute approximate surface area is 122 Å². The van der Waals surface area contributed by atoms with E-state index in [9.17, 15) is 4.39 Å². The number of fused-ring (bicyclic) bond motifs is 1. The van der Waals surface area contributed by atoms with Gasteiger partial charge in [0.1, 0.15) is 17.7 Å². The number of halogens is 1. The molecular formula is C16H18FN3O. The van der Waals surface area contributed by atoms with Gasteiger partial charge in [-0.05, 0) is 38.1 Å². The minimum Gasteiger partial charge on any atom is -0.484 e. The Balaban J connectivity index is 1.69. The Bertz CT molecular complexity index is 665. The highest BCUT2D eigenvalue weighted by Crippen LogP contribution is 2.43. The lowest BCUT2D eigenvalue weighted by atomic mass is 9.95. The van der Waals surface area contributed by atoms with Crippen molar-refractivity contribution in [2.24, 2.45) is 0 Å². The molecule has 110 valence electrons. The van der Waals surface area contributed by atoms with Crippen molar-refractivity contribution in [2.75, 3.05) is 7.05 Å². The zero-order valence-corrected chi connectivity index (χ0v) is 11.9. The molecule has 5 heteroatoms. The zero-order valence-electron chi connectivity index (χ0n) is 11.9. The predicted octanol–water partition coefficient (Wildman–Crippen LogP) is 3.14. The van der Waals surface area contributed by atoms with Crippen molar-refractivity contribution in [3.05, 3.63) is 47.8 Å². The fourth-order valence-corrected chi connectivity index (χ4v) is 3.12. The summed E-state index contributed by atoms with van der Waals surface area (Å²) >= 11 is 0. The lowest BCUT2D eigenvalue weighted by Gasteiger charge is -2.32. The van der Waals surface area contributed by atoms with Crippen LogP contribution in [0.5, 0.6) is 5.75 Å². The number of aromatic nitrogens is 2. The van der Waals surface area contributed by atoms with Gasteiger partial charge in [-0.25, -0.2) is 9.37 Å². The van der Waals surface area contributed by atoms with Gasteiger partial charge in [0.2, 0.25) is 0 Å². The van der Waals surface area contributed by atoms with E-state index in [2.05, 4.69) is 14.9 Å². The van der Waals surface area contributed by atoms with Crippen molar-refractivity contribution in [3.8, 4) is 5.75 Å². The first-order chi connectivity index (χ1) is 10.3. The van der Waals surface area contributed by atoms with Crippen LogP contribution in [-0.4, -0.2) is 16.6 Å². The second-order valence-electron chi connectivity index (χ2n) is 5.82. The van der Waals surface area contributed by atoms with Crippen LogP contribution in [0.4, 0.5) is 4.39 Å². The SMILES string of the molecule is CNC1CC(c2cncn2C2CC2)Oc2ccc(F)cc21. The van der Waals surface area contributed by atoms with Crippen LogP contribution in [0.1, 0.15) is 48.7 Å². The van der Waals surface area contributed by atoms with Gasteiger partial charge in [0, 0.05) is 24.1 Å². The van der Waals surface area contributed by atoms with E-state index >= 15 is 0 Å². The second-order valence-corrected chi connectivity index (χ2v) is 5.82. The number of ether oxygens (including phenoxy) is 1. The molecule has 1 aromatic heterocycles. The molecule has 4 nitrogen and oxygen atoms in total. The molecule has 2 heterocycles. The Morgan fingerprint density at radius 2 is 2.24 bits per heavy atom. The van der Waals surface area contributed by atoms with Crippen molar-refractivity contribution >= 4 is 0 Å². The highest BCUT2D eigenvalue weighted by atomic mass is 19.1. The first-order valence-corrected chi connectivity index (χ1v) is 7.41. The van der Waals surface area contributed by atoms with Gasteiger partial charge in [0.25, 0.3) is 0 Å². The van der Waals surface area contributed by atoms with Gasteiger partial charge in [0.05, 0.1) is 18.2 Å². The molecule has 1 N–H and O–H groups in total. The molecule has 2 aliphatic rings. The molecule has 1 aliphatic carbocycles. The predicted molar refractivity (Wildman–Crippen MR) is 76.7 cm³/mol. The number of nitrogens with zero attached hydrogens (tertiary/aromatic N) is 2. The first kappa shape index (κ1) is 12.8. The van der Waals surface area contributed by atoms with Gasteiger partial charge in [-0.2, -0.15) is 0 Å². The summed E-state index contributed by atoms with van der Waals surface area (Å²) in [4.78, 5) is 4.28. The maximum absolute atomic E-state index is 13.5. The number of benzene rings is 1. The van der Waals surface area contributed by atoms with E-state index in [0.717, 1.165) is 23.4 Å². The maximum Gasteiger partial charge on any atom is 0.142 e. The molecule has 0 radical (unpaired) electrons. The molecule has 0 amide bonds. The van der Waals surface area contributed by atoms with E-state index in [1.54, 1.807) is 12.1 Å². The van der Waals surface area contributed by atoms with Gasteiger partial charge in [-0.3, -0.25) is 0 Å². The van der Waals surface area contributed by atoms with Crippen LogP contribution in [0, 0.1) is 5.82 Å². The fraction of sp³-hybridized carbons (Fsp3) is 0.438. The molecule has 2 atom stereocenters. The Hall–Kier alpha value is -1.88. The smallest absolute Gasteiger partial charge is 0.142 e. The van der Waals surface area contributed by atoms with Crippen LogP contribution in [-0.2, 0) is 0 Å². The zero-order chi connectivity index (χ0) is 14.4. The Morgan fingerprint density at radius 1 is 1.38 bits per heavy atom. The molecule has 0 spiro atoms. The van der Waals surface area contributed by atoms with E-state index in [1.165, 1.54) is 18.9 Å². The van der Waals surface area contributed by atoms with Crippen LogP contribution in [0.2, 0.25) is 0 Å². The third-order valence-electron chi connectivity index (χ3n) is 4.38. The van der Waals surface area contributed by atoms with Crippen molar-refractivity contribution in [2.45, 2.75) is 37.5 Å². The summed E-state index contributed by atoms with van der Waals surface area (Å²) in [7, 11) is 1.90. The van der Waals surface area contributed by atoms with Crippen LogP contribution >= 0.6 is 0 Å². The molecular weight excluding hydrogens is 269 g/mol. The standard InChI is InChI=1S/C16H18FN3O/c1-18-13-7-16(14-8-19-9-20(14)11-3-4-11)21-15-5-2-10(17)6-12(13)15/h2,5-6,8-9,11,13,16,18H,3-4,7H2,1H3. The van der Waals surface area contributed by atoms with Crippen LogP contribution < -0.4 is 10.1 Å². The molecule has 1 aliphatic heterocycles. The van der Waals surface area contributed by atoms with Gasteiger partial charge >= 0.3 is 0 Å². The van der Waals surface area contributed by atoms with Gasteiger partial charge in [0.15, 0.2) is 0 Å². The number of rotatable bonds is 3. The fourth-order valence-electron chi connectivity index (χ4n) is 3.12. The average Bonchev–Trinajstić information content (AvgIpc) is 3.23. The van der Waals surface area contributed by atoms with E-state index in [4.69, 9.17) is 4.74 Å². The van der Waals surface area contributed by atoms with Crippen LogP contribution in [0.15, 0.2) is 30.7 Å². The third-order valence-corrected chi connectivity index (χ3v) is 4.38. The molecule has 0 saturated heterocycles. The third kappa shape index (κ3) is 2.21. The molecule has 21 heavy (non-hydrogen) atoms. The lowest BCUT2D eigenvalue weighted by molar-refractivity contribution is 0.145. The number of nitrogens with one attached hydrogen (secondary N) is 1. The average molecular weight is 287 g/mol. The van der Waals surface area contributed by atoms with Gasteiger partial charge < -0.3 is 14.6 Å². The lowest BCUT2D eigenvalue weighted by Crippen LogP contribution is -2.28. The summed E-state index contributed by atoms with van der Waals surface area (Å²) in [6, 6.07) is 5.40. The van der Waals surface area contributed by atoms with Crippen molar-refractivity contribution < 1.29 is 9.13 Å². The summed E-state index contributed by atoms with van der Waals surface area (Å²) in [6.45, 7) is 0. The van der Waals surface area contributed by atoms with E-state index in [1.807, 2.05) is 19.6 Å². The molecule has 0 bridgehead atoms. The van der Waals surface area contributed by atoms with Crippen molar-refractivity contribution in [3.63, 3.8) is 0 Å². The molecule has 1 saturated carbocycles. The summed E-state index contributed by atoms with van der Waals surface area (Å²) < 4.78 is 21.8. The molecule has 4 rings (SSSR count). The maximum atomic E-state index is 13.5. The summed E-state index contributed by atoms with van der Waals surface area (Å²) in [6.07, 6.45) is 6.96. The Morgan fingerprint density at radius 3 is 3.00 bits per heavy atom. The number of hydrogen-bond acceptors (Lipinski definition) is 3. The monoisotopic (exact) mass is 287 g/mol. The van der Waals surface area contributed by atoms with Crippen molar-refractivity contribution in [1.82, 2.24) is 14.9 Å². The van der Waals surface area contributed by atoms with E-state index < -0.39 is 0 Å². The second kappa shape index (κ2) is 4.84. The van der Waals surface area contributed by atoms with Gasteiger partial charge in [-0.15, -0.1) is 0 Å². The van der Waals surface area contributed by atoms with Crippen LogP contribution in [0.25, 0.3) is 0 Å². The molecule has 1 fully saturated rings. The largest absolute Gasteiger partial charge is 0.484 e. The molecule has 1 aromatic carbocycles. The van der Waals surface area contributed by atoms with Gasteiger partial charge in [-0.1, -0.05) is 0 Å². The number of hydrogen-bond donors (Lipinski definition) is 1. The molecule has 2 unspecified atom stereocenters. The van der Waals surface area contributed by atoms with E-state index in [0.29, 0.717) is 6.04 Å². The van der Waals surface area contributed by atoms with Crippen molar-refractivity contribution in [1.29, 1.82) is 0 Å². The molecule has 2 aromatic rings. The summed E-state index contributed by atoms with van der Waals surface area (Å²) in [5, 5.41) is 3.27. The number of imidazole rings is 1. The Kier molecular flexibility index (Phi) is 2.96. The highest BCUT2D eigenvalue weighted by Gasteiger charge is 2.33. The highest BCUT2D eigenvalue weighted by molar-refractivity contribution is 5.39. The van der Waals surface area contributed by atoms with E-state index in [-0.39, 0.29) is 18.0 Å². The van der Waals surface area contributed by atoms with Crippen LogP contribution in [0.3, 0.4) is 0 Å². The summed E-state index contributed by atoms with van der Waals surface area (Å²) in [5.74, 6) is 0.537. The minimum absolute atomic E-state index is 0.0384. The quantitative estimate of drug-likeness (QED) is 0.942. The minimum atomic E-state index is -0.223. The topological polar surface area (TPSA) is 39.1 Å². The normalized spacial score (nSPS) is 24.5. The summed E-state index contributed by atoms with van der Waals surface area (Å²) in [5.41, 5.74) is 2.01.